The van der Waals surface area contributed by atoms with Crippen LogP contribution < -0.4 is 4.90 Å². The maximum atomic E-state index is 4.65. The Morgan fingerprint density at radius 3 is 2.86 bits per heavy atom. The van der Waals surface area contributed by atoms with Gasteiger partial charge in [-0.2, -0.15) is 4.37 Å². The second-order valence-electron chi connectivity index (χ2n) is 5.97. The maximum absolute atomic E-state index is 4.65. The smallest absolute Gasteiger partial charge is 0.151 e. The Morgan fingerprint density at radius 1 is 1.18 bits per heavy atom. The highest BCUT2D eigenvalue weighted by atomic mass is 32.1. The van der Waals surface area contributed by atoms with Crippen LogP contribution in [0.3, 0.4) is 0 Å². The van der Waals surface area contributed by atoms with Crippen molar-refractivity contribution < 1.29 is 0 Å². The molecule has 0 spiro atoms. The fourth-order valence-electron chi connectivity index (χ4n) is 3.14. The fourth-order valence-corrected chi connectivity index (χ4v) is 4.02. The molecule has 1 aromatic carbocycles. The molecule has 1 aliphatic rings. The first-order valence-electron chi connectivity index (χ1n) is 7.73. The van der Waals surface area contributed by atoms with Gasteiger partial charge < -0.3 is 4.90 Å². The zero-order chi connectivity index (χ0) is 14.9. The minimum atomic E-state index is 0.722. The molecule has 1 aliphatic heterocycles. The van der Waals surface area contributed by atoms with Gasteiger partial charge in [0.1, 0.15) is 22.2 Å². The molecule has 1 saturated heterocycles. The van der Waals surface area contributed by atoms with Crippen LogP contribution in [0.2, 0.25) is 0 Å². The van der Waals surface area contributed by atoms with E-state index in [2.05, 4.69) is 38.3 Å². The molecule has 4 nitrogen and oxygen atoms in total. The van der Waals surface area contributed by atoms with E-state index in [4.69, 9.17) is 0 Å². The number of benzene rings is 1. The van der Waals surface area contributed by atoms with Gasteiger partial charge in [-0.1, -0.05) is 37.3 Å². The van der Waals surface area contributed by atoms with Crippen LogP contribution in [0.15, 0.2) is 36.7 Å². The van der Waals surface area contributed by atoms with Crippen molar-refractivity contribution in [2.45, 2.75) is 19.8 Å². The predicted octanol–water partition coefficient (Wildman–Crippen LogP) is 3.99. The lowest BCUT2D eigenvalue weighted by atomic mass is 10.0. The molecule has 0 aliphatic carbocycles. The number of rotatable bonds is 2. The first kappa shape index (κ1) is 13.6. The summed E-state index contributed by atoms with van der Waals surface area (Å²) >= 11 is 1.51. The lowest BCUT2D eigenvalue weighted by molar-refractivity contribution is 0.445. The van der Waals surface area contributed by atoms with Gasteiger partial charge >= 0.3 is 0 Å². The molecule has 3 aromatic rings. The van der Waals surface area contributed by atoms with Crippen molar-refractivity contribution >= 4 is 27.6 Å². The average molecular weight is 310 g/mol. The van der Waals surface area contributed by atoms with Crippen LogP contribution in [0.25, 0.3) is 21.5 Å². The predicted molar refractivity (Wildman–Crippen MR) is 91.3 cm³/mol. The van der Waals surface area contributed by atoms with Crippen LogP contribution in [0.4, 0.5) is 5.82 Å². The molecular weight excluding hydrogens is 292 g/mol. The third-order valence-corrected chi connectivity index (χ3v) is 5.07. The van der Waals surface area contributed by atoms with E-state index < -0.39 is 0 Å². The van der Waals surface area contributed by atoms with E-state index in [0.29, 0.717) is 0 Å². The van der Waals surface area contributed by atoms with Crippen LogP contribution >= 0.6 is 11.5 Å². The second-order valence-corrected chi connectivity index (χ2v) is 6.74. The number of piperidine rings is 1. The van der Waals surface area contributed by atoms with Crippen molar-refractivity contribution in [2.75, 3.05) is 18.0 Å². The fraction of sp³-hybridized carbons (Fsp3) is 0.353. The zero-order valence-corrected chi connectivity index (χ0v) is 13.4. The third kappa shape index (κ3) is 2.35. The van der Waals surface area contributed by atoms with E-state index >= 15 is 0 Å². The van der Waals surface area contributed by atoms with Gasteiger partial charge in [-0.25, -0.2) is 9.97 Å². The second kappa shape index (κ2) is 5.65. The molecule has 5 heteroatoms. The van der Waals surface area contributed by atoms with Crippen molar-refractivity contribution in [3.8, 4) is 11.3 Å². The molecule has 1 unspecified atom stereocenters. The van der Waals surface area contributed by atoms with Crippen molar-refractivity contribution in [1.82, 2.24) is 14.3 Å². The van der Waals surface area contributed by atoms with Gasteiger partial charge in [0.25, 0.3) is 0 Å². The molecule has 0 N–H and O–H groups in total. The summed E-state index contributed by atoms with van der Waals surface area (Å²) in [4.78, 5) is 11.5. The molecule has 0 bridgehead atoms. The molecular formula is C17H18N4S. The molecule has 0 amide bonds. The van der Waals surface area contributed by atoms with Gasteiger partial charge in [-0.15, -0.1) is 0 Å². The van der Waals surface area contributed by atoms with Crippen LogP contribution in [-0.4, -0.2) is 27.4 Å². The van der Waals surface area contributed by atoms with Gasteiger partial charge in [0.05, 0.1) is 0 Å². The molecule has 1 atom stereocenters. The van der Waals surface area contributed by atoms with Crippen molar-refractivity contribution in [3.63, 3.8) is 0 Å². The molecule has 2 aromatic heterocycles. The summed E-state index contributed by atoms with van der Waals surface area (Å²) < 4.78 is 5.76. The lowest BCUT2D eigenvalue weighted by Crippen LogP contribution is -2.34. The molecule has 4 rings (SSSR count). The highest BCUT2D eigenvalue weighted by molar-refractivity contribution is 7.14. The van der Waals surface area contributed by atoms with Gasteiger partial charge in [0.15, 0.2) is 5.82 Å². The van der Waals surface area contributed by atoms with E-state index in [1.165, 1.54) is 24.4 Å². The lowest BCUT2D eigenvalue weighted by Gasteiger charge is -2.31. The maximum Gasteiger partial charge on any atom is 0.151 e. The molecule has 0 radical (unpaired) electrons. The summed E-state index contributed by atoms with van der Waals surface area (Å²) in [5.41, 5.74) is 3.05. The third-order valence-electron chi connectivity index (χ3n) is 4.24. The number of hydrogen-bond donors (Lipinski definition) is 0. The minimum Gasteiger partial charge on any atom is -0.355 e. The van der Waals surface area contributed by atoms with E-state index in [0.717, 1.165) is 46.3 Å². The van der Waals surface area contributed by atoms with Crippen molar-refractivity contribution in [3.05, 3.63) is 36.7 Å². The summed E-state index contributed by atoms with van der Waals surface area (Å²) in [6.45, 7) is 4.46. The van der Waals surface area contributed by atoms with Crippen molar-refractivity contribution in [2.24, 2.45) is 5.92 Å². The summed E-state index contributed by atoms with van der Waals surface area (Å²) in [7, 11) is 0. The van der Waals surface area contributed by atoms with Crippen LogP contribution in [0.1, 0.15) is 19.8 Å². The zero-order valence-electron chi connectivity index (χ0n) is 12.6. The molecule has 112 valence electrons. The molecule has 3 heterocycles. The Labute approximate surface area is 134 Å². The summed E-state index contributed by atoms with van der Waals surface area (Å²) in [6, 6.07) is 10.3. The van der Waals surface area contributed by atoms with Crippen molar-refractivity contribution in [1.29, 1.82) is 0 Å². The standard InChI is InChI=1S/C17H18N4S/c1-12-6-5-9-21(10-12)17-16-15(18-11-19-17)14(20-22-16)13-7-3-2-4-8-13/h2-4,7-8,11-12H,5-6,9-10H2,1H3. The highest BCUT2D eigenvalue weighted by Gasteiger charge is 2.22. The van der Waals surface area contributed by atoms with Crippen LogP contribution in [0.5, 0.6) is 0 Å². The largest absolute Gasteiger partial charge is 0.355 e. The minimum absolute atomic E-state index is 0.722. The number of nitrogens with zero attached hydrogens (tertiary/aromatic N) is 4. The first-order valence-corrected chi connectivity index (χ1v) is 8.51. The van der Waals surface area contributed by atoms with Gasteiger partial charge in [0, 0.05) is 18.7 Å². The van der Waals surface area contributed by atoms with Crippen LogP contribution in [0, 0.1) is 5.92 Å². The number of hydrogen-bond acceptors (Lipinski definition) is 5. The Hall–Kier alpha value is -2.01. The summed E-state index contributed by atoms with van der Waals surface area (Å²) in [5, 5.41) is 0. The van der Waals surface area contributed by atoms with Gasteiger partial charge in [-0.05, 0) is 30.3 Å². The van der Waals surface area contributed by atoms with Gasteiger partial charge in [-0.3, -0.25) is 0 Å². The summed E-state index contributed by atoms with van der Waals surface area (Å²) in [6.07, 6.45) is 4.22. The van der Waals surface area contributed by atoms with E-state index in [9.17, 15) is 0 Å². The number of anilines is 1. The quantitative estimate of drug-likeness (QED) is 0.718. The van der Waals surface area contributed by atoms with E-state index in [1.807, 2.05) is 18.2 Å². The first-order chi connectivity index (χ1) is 10.8. The number of aromatic nitrogens is 3. The Balaban J connectivity index is 1.80. The Kier molecular flexibility index (Phi) is 3.50. The summed E-state index contributed by atoms with van der Waals surface area (Å²) in [5.74, 6) is 1.77. The van der Waals surface area contributed by atoms with E-state index in [1.54, 1.807) is 6.33 Å². The normalized spacial score (nSPS) is 18.8. The highest BCUT2D eigenvalue weighted by Crippen LogP contribution is 2.35. The SMILES string of the molecule is CC1CCCN(c2ncnc3c(-c4ccccc4)nsc23)C1. The number of fused-ring (bicyclic) bond motifs is 1. The Bertz CT molecular complexity index is 784. The van der Waals surface area contributed by atoms with Gasteiger partial charge in [0.2, 0.25) is 0 Å². The molecule has 0 saturated carbocycles. The molecule has 22 heavy (non-hydrogen) atoms. The molecule has 1 fully saturated rings. The average Bonchev–Trinajstić information content (AvgIpc) is 2.99. The monoisotopic (exact) mass is 310 g/mol. The Morgan fingerprint density at radius 2 is 2.05 bits per heavy atom. The topological polar surface area (TPSA) is 41.9 Å². The van der Waals surface area contributed by atoms with E-state index in [-0.39, 0.29) is 0 Å². The van der Waals surface area contributed by atoms with Crippen LogP contribution in [-0.2, 0) is 0 Å².